The van der Waals surface area contributed by atoms with E-state index in [4.69, 9.17) is 0 Å². The zero-order valence-corrected chi connectivity index (χ0v) is 13.7. The summed E-state index contributed by atoms with van der Waals surface area (Å²) in [5.74, 6) is 1.41. The summed E-state index contributed by atoms with van der Waals surface area (Å²) in [6, 6.07) is 0. The molecule has 19 heavy (non-hydrogen) atoms. The van der Waals surface area contributed by atoms with Crippen molar-refractivity contribution >= 4 is 5.91 Å². The van der Waals surface area contributed by atoms with Crippen molar-refractivity contribution in [1.29, 1.82) is 0 Å². The molecule has 1 rings (SSSR count). The van der Waals surface area contributed by atoms with Crippen molar-refractivity contribution < 1.29 is 4.79 Å². The molecule has 0 aliphatic carbocycles. The zero-order chi connectivity index (χ0) is 14.7. The maximum atomic E-state index is 11.5. The number of carbonyl (C=O) groups is 1. The first-order valence-electron chi connectivity index (χ1n) is 8.02. The second-order valence-electron chi connectivity index (χ2n) is 5.91. The smallest absolute Gasteiger partial charge is 0.225 e. The Balaban J connectivity index is 0.000000388. The summed E-state index contributed by atoms with van der Waals surface area (Å²) in [5.41, 5.74) is 0. The van der Waals surface area contributed by atoms with Gasteiger partial charge in [0.2, 0.25) is 5.91 Å². The number of hydrogen-bond donors (Lipinski definition) is 1. The maximum Gasteiger partial charge on any atom is 0.225 e. The van der Waals surface area contributed by atoms with Crippen LogP contribution < -0.4 is 5.32 Å². The van der Waals surface area contributed by atoms with Gasteiger partial charge in [0.15, 0.2) is 0 Å². The molecule has 1 N–H and O–H groups in total. The van der Waals surface area contributed by atoms with E-state index in [1.54, 1.807) is 0 Å². The molecule has 0 aromatic heterocycles. The lowest BCUT2D eigenvalue weighted by Gasteiger charge is -2.23. The maximum absolute atomic E-state index is 11.5. The van der Waals surface area contributed by atoms with Crippen LogP contribution in [-0.2, 0) is 4.79 Å². The van der Waals surface area contributed by atoms with Gasteiger partial charge in [-0.2, -0.15) is 0 Å². The molecule has 1 amide bonds. The molecule has 0 saturated carbocycles. The van der Waals surface area contributed by atoms with Crippen LogP contribution in [0, 0.1) is 11.8 Å². The van der Waals surface area contributed by atoms with Gasteiger partial charge in [-0.05, 0) is 44.7 Å². The van der Waals surface area contributed by atoms with Crippen LogP contribution in [0.3, 0.4) is 0 Å². The second kappa shape index (κ2) is 11.3. The molecule has 3 heteroatoms. The molecule has 1 saturated heterocycles. The summed E-state index contributed by atoms with van der Waals surface area (Å²) in [7, 11) is 0. The van der Waals surface area contributed by atoms with Gasteiger partial charge >= 0.3 is 0 Å². The number of nitrogens with zero attached hydrogens (tertiary/aromatic N) is 1. The van der Waals surface area contributed by atoms with E-state index in [2.05, 4.69) is 26.1 Å². The summed E-state index contributed by atoms with van der Waals surface area (Å²) in [6.07, 6.45) is 4.86. The minimum atomic E-state index is 0.142. The number of rotatable bonds is 5. The average molecular weight is 270 g/mol. The van der Waals surface area contributed by atoms with E-state index in [1.165, 1.54) is 25.9 Å². The van der Waals surface area contributed by atoms with Crippen LogP contribution in [0.1, 0.15) is 60.3 Å². The van der Waals surface area contributed by atoms with Crippen molar-refractivity contribution in [2.75, 3.05) is 26.2 Å². The molecule has 0 radical (unpaired) electrons. The van der Waals surface area contributed by atoms with Crippen LogP contribution in [0.25, 0.3) is 0 Å². The van der Waals surface area contributed by atoms with Crippen molar-refractivity contribution in [1.82, 2.24) is 10.2 Å². The van der Waals surface area contributed by atoms with Crippen LogP contribution >= 0.6 is 0 Å². The van der Waals surface area contributed by atoms with E-state index in [1.807, 2.05) is 18.7 Å². The van der Waals surface area contributed by atoms with E-state index in [0.29, 0.717) is 5.91 Å². The van der Waals surface area contributed by atoms with Crippen molar-refractivity contribution in [3.05, 3.63) is 0 Å². The lowest BCUT2D eigenvalue weighted by Crippen LogP contribution is -2.35. The number of piperidine rings is 1. The fourth-order valence-corrected chi connectivity index (χ4v) is 2.20. The number of carbonyl (C=O) groups excluding carboxylic acids is 1. The molecule has 1 aliphatic heterocycles. The Bertz CT molecular complexity index is 217. The normalized spacial score (nSPS) is 15.9. The fraction of sp³-hybridized carbons (Fsp3) is 0.938. The van der Waals surface area contributed by atoms with Crippen molar-refractivity contribution in [3.8, 4) is 0 Å². The highest BCUT2D eigenvalue weighted by atomic mass is 16.2. The van der Waals surface area contributed by atoms with E-state index < -0.39 is 0 Å². The average Bonchev–Trinajstić information content (AvgIpc) is 2.39. The van der Waals surface area contributed by atoms with Gasteiger partial charge in [-0.3, -0.25) is 4.79 Å². The summed E-state index contributed by atoms with van der Waals surface area (Å²) in [4.78, 5) is 13.5. The number of amides is 1. The van der Waals surface area contributed by atoms with Crippen molar-refractivity contribution in [2.45, 2.75) is 60.3 Å². The third kappa shape index (κ3) is 9.04. The van der Waals surface area contributed by atoms with Gasteiger partial charge in [-0.15, -0.1) is 0 Å². The Morgan fingerprint density at radius 1 is 1.16 bits per heavy atom. The van der Waals surface area contributed by atoms with Gasteiger partial charge in [0.05, 0.1) is 0 Å². The molecule has 1 heterocycles. The molecule has 0 bridgehead atoms. The first-order valence-corrected chi connectivity index (χ1v) is 8.02. The predicted molar refractivity (Wildman–Crippen MR) is 83.3 cm³/mol. The predicted octanol–water partition coefficient (Wildman–Crippen LogP) is 3.30. The molecular formula is C16H34N2O. The fourth-order valence-electron chi connectivity index (χ4n) is 2.20. The van der Waals surface area contributed by atoms with Crippen LogP contribution in [0.15, 0.2) is 0 Å². The summed E-state index contributed by atoms with van der Waals surface area (Å²) < 4.78 is 0. The number of hydrogen-bond acceptors (Lipinski definition) is 2. The molecule has 0 aromatic rings. The SMILES string of the molecule is CC1CCNCC1.CCCN(CCC)C(=O)C(C)C. The molecule has 0 atom stereocenters. The van der Waals surface area contributed by atoms with Crippen LogP contribution in [0.2, 0.25) is 0 Å². The Labute approximate surface area is 120 Å². The Hall–Kier alpha value is -0.570. The van der Waals surface area contributed by atoms with E-state index in [0.717, 1.165) is 31.8 Å². The number of nitrogens with one attached hydrogen (secondary N) is 1. The van der Waals surface area contributed by atoms with Gasteiger partial charge in [-0.1, -0.05) is 34.6 Å². The first-order chi connectivity index (χ1) is 9.02. The molecular weight excluding hydrogens is 236 g/mol. The highest BCUT2D eigenvalue weighted by molar-refractivity contribution is 5.78. The molecule has 1 aliphatic rings. The van der Waals surface area contributed by atoms with Gasteiger partial charge in [0.25, 0.3) is 0 Å². The van der Waals surface area contributed by atoms with Crippen molar-refractivity contribution in [3.63, 3.8) is 0 Å². The molecule has 114 valence electrons. The largest absolute Gasteiger partial charge is 0.343 e. The first kappa shape index (κ1) is 18.4. The van der Waals surface area contributed by atoms with Crippen LogP contribution in [0.4, 0.5) is 0 Å². The minimum Gasteiger partial charge on any atom is -0.343 e. The minimum absolute atomic E-state index is 0.142. The lowest BCUT2D eigenvalue weighted by atomic mass is 10.0. The Morgan fingerprint density at radius 3 is 1.89 bits per heavy atom. The molecule has 0 spiro atoms. The molecule has 0 aromatic carbocycles. The quantitative estimate of drug-likeness (QED) is 0.831. The third-order valence-electron chi connectivity index (χ3n) is 3.42. The van der Waals surface area contributed by atoms with E-state index in [9.17, 15) is 4.79 Å². The van der Waals surface area contributed by atoms with Crippen LogP contribution in [0.5, 0.6) is 0 Å². The third-order valence-corrected chi connectivity index (χ3v) is 3.42. The summed E-state index contributed by atoms with van der Waals surface area (Å²) in [5, 5.41) is 3.32. The Kier molecular flexibility index (Phi) is 10.9. The van der Waals surface area contributed by atoms with Crippen LogP contribution in [-0.4, -0.2) is 37.0 Å². The van der Waals surface area contributed by atoms with Gasteiger partial charge < -0.3 is 10.2 Å². The highest BCUT2D eigenvalue weighted by Gasteiger charge is 2.14. The molecule has 1 fully saturated rings. The topological polar surface area (TPSA) is 32.3 Å². The second-order valence-corrected chi connectivity index (χ2v) is 5.91. The van der Waals surface area contributed by atoms with Gasteiger partial charge in [0.1, 0.15) is 0 Å². The van der Waals surface area contributed by atoms with Gasteiger partial charge in [-0.25, -0.2) is 0 Å². The van der Waals surface area contributed by atoms with E-state index >= 15 is 0 Å². The van der Waals surface area contributed by atoms with E-state index in [-0.39, 0.29) is 5.92 Å². The highest BCUT2D eigenvalue weighted by Crippen LogP contribution is 2.08. The molecule has 3 nitrogen and oxygen atoms in total. The monoisotopic (exact) mass is 270 g/mol. The van der Waals surface area contributed by atoms with Gasteiger partial charge in [0, 0.05) is 19.0 Å². The summed E-state index contributed by atoms with van der Waals surface area (Å²) in [6.45, 7) is 14.7. The lowest BCUT2D eigenvalue weighted by molar-refractivity contribution is -0.134. The summed E-state index contributed by atoms with van der Waals surface area (Å²) >= 11 is 0. The molecule has 0 unspecified atom stereocenters. The Morgan fingerprint density at radius 2 is 1.63 bits per heavy atom. The zero-order valence-electron chi connectivity index (χ0n) is 13.7. The van der Waals surface area contributed by atoms with Crippen molar-refractivity contribution in [2.24, 2.45) is 11.8 Å². The standard InChI is InChI=1S/C10H21NO.C6H13N/c1-5-7-11(8-6-2)10(12)9(3)4;1-6-2-4-7-5-3-6/h9H,5-8H2,1-4H3;6-7H,2-5H2,1H3.